The Morgan fingerprint density at radius 1 is 1.21 bits per heavy atom. The van der Waals surface area contributed by atoms with Crippen LogP contribution in [0.25, 0.3) is 0 Å². The molecule has 2 rings (SSSR count). The van der Waals surface area contributed by atoms with Crippen molar-refractivity contribution in [3.05, 3.63) is 58.4 Å². The first-order valence-electron chi connectivity index (χ1n) is 5.55. The predicted molar refractivity (Wildman–Crippen MR) is 73.7 cm³/mol. The van der Waals surface area contributed by atoms with E-state index in [9.17, 15) is 4.39 Å². The molecule has 2 aromatic carbocycles. The van der Waals surface area contributed by atoms with Crippen LogP contribution >= 0.6 is 11.6 Å². The molecule has 19 heavy (non-hydrogen) atoms. The summed E-state index contributed by atoms with van der Waals surface area (Å²) in [6.45, 7) is 1.83. The molecule has 3 nitrogen and oxygen atoms in total. The fraction of sp³-hybridized carbons (Fsp3) is 0.0714. The lowest BCUT2D eigenvalue weighted by Crippen LogP contribution is -2.12. The zero-order chi connectivity index (χ0) is 14.0. The first kappa shape index (κ1) is 13.4. The lowest BCUT2D eigenvalue weighted by molar-refractivity contribution is 0.441. The molecule has 0 aliphatic heterocycles. The average Bonchev–Trinajstić information content (AvgIpc) is 2.35. The molecule has 0 bridgehead atoms. The smallest absolute Gasteiger partial charge is 0.165 e. The van der Waals surface area contributed by atoms with Gasteiger partial charge in [0.05, 0.1) is 5.56 Å². The molecule has 0 aliphatic rings. The summed E-state index contributed by atoms with van der Waals surface area (Å²) in [5.41, 5.74) is 6.65. The Kier molecular flexibility index (Phi) is 3.71. The molecule has 0 unspecified atom stereocenters. The Morgan fingerprint density at radius 2 is 1.95 bits per heavy atom. The molecule has 3 N–H and O–H groups in total. The molecule has 98 valence electrons. The van der Waals surface area contributed by atoms with Crippen molar-refractivity contribution in [1.29, 1.82) is 5.41 Å². The molecule has 0 aliphatic carbocycles. The summed E-state index contributed by atoms with van der Waals surface area (Å²) in [6, 6.07) is 9.21. The maximum Gasteiger partial charge on any atom is 0.165 e. The lowest BCUT2D eigenvalue weighted by atomic mass is 10.2. The van der Waals surface area contributed by atoms with E-state index in [0.29, 0.717) is 16.3 Å². The van der Waals surface area contributed by atoms with Gasteiger partial charge in [-0.3, -0.25) is 5.41 Å². The summed E-state index contributed by atoms with van der Waals surface area (Å²) < 4.78 is 19.1. The van der Waals surface area contributed by atoms with Crippen molar-refractivity contribution >= 4 is 17.4 Å². The summed E-state index contributed by atoms with van der Waals surface area (Å²) in [4.78, 5) is 0. The van der Waals surface area contributed by atoms with Gasteiger partial charge in [-0.05, 0) is 42.8 Å². The largest absolute Gasteiger partial charge is 0.454 e. The minimum atomic E-state index is -0.477. The number of amidine groups is 1. The highest BCUT2D eigenvalue weighted by molar-refractivity contribution is 6.31. The monoisotopic (exact) mass is 278 g/mol. The highest BCUT2D eigenvalue weighted by Crippen LogP contribution is 2.29. The molecule has 2 aromatic rings. The zero-order valence-electron chi connectivity index (χ0n) is 10.2. The van der Waals surface area contributed by atoms with E-state index in [-0.39, 0.29) is 11.6 Å². The van der Waals surface area contributed by atoms with E-state index in [0.717, 1.165) is 5.56 Å². The number of rotatable bonds is 3. The Morgan fingerprint density at radius 3 is 2.63 bits per heavy atom. The van der Waals surface area contributed by atoms with Crippen molar-refractivity contribution in [2.24, 2.45) is 5.73 Å². The minimum absolute atomic E-state index is 0.0878. The molecule has 0 radical (unpaired) electrons. The molecule has 0 spiro atoms. The van der Waals surface area contributed by atoms with E-state index in [2.05, 4.69) is 0 Å². The van der Waals surface area contributed by atoms with E-state index in [1.165, 1.54) is 12.1 Å². The maximum absolute atomic E-state index is 13.6. The number of aryl methyl sites for hydroxylation is 1. The van der Waals surface area contributed by atoms with Gasteiger partial charge in [0.2, 0.25) is 0 Å². The van der Waals surface area contributed by atoms with Gasteiger partial charge in [-0.15, -0.1) is 0 Å². The zero-order valence-corrected chi connectivity index (χ0v) is 11.0. The van der Waals surface area contributed by atoms with Crippen molar-refractivity contribution in [2.45, 2.75) is 6.92 Å². The maximum atomic E-state index is 13.6. The quantitative estimate of drug-likeness (QED) is 0.661. The fourth-order valence-corrected chi connectivity index (χ4v) is 1.78. The highest BCUT2D eigenvalue weighted by atomic mass is 35.5. The number of ether oxygens (including phenoxy) is 1. The summed E-state index contributed by atoms with van der Waals surface area (Å²) in [7, 11) is 0. The SMILES string of the molecule is Cc1ccc(F)c(Oc2ccc(Cl)cc2C(=N)N)c1. The van der Waals surface area contributed by atoms with Crippen LogP contribution in [-0.2, 0) is 0 Å². The van der Waals surface area contributed by atoms with E-state index in [1.807, 2.05) is 6.92 Å². The van der Waals surface area contributed by atoms with Gasteiger partial charge >= 0.3 is 0 Å². The second kappa shape index (κ2) is 5.28. The molecular formula is C14H12ClFN2O. The van der Waals surface area contributed by atoms with Gasteiger partial charge in [-0.25, -0.2) is 4.39 Å². The van der Waals surface area contributed by atoms with Gasteiger partial charge in [-0.1, -0.05) is 17.7 Å². The van der Waals surface area contributed by atoms with E-state index >= 15 is 0 Å². The number of hydrogen-bond donors (Lipinski definition) is 2. The van der Waals surface area contributed by atoms with Crippen LogP contribution in [0.3, 0.4) is 0 Å². The molecule has 0 fully saturated rings. The van der Waals surface area contributed by atoms with Crippen molar-refractivity contribution in [1.82, 2.24) is 0 Å². The molecule has 0 atom stereocenters. The Bertz CT molecular complexity index is 643. The average molecular weight is 279 g/mol. The van der Waals surface area contributed by atoms with Crippen LogP contribution in [0.15, 0.2) is 36.4 Å². The standard InChI is InChI=1S/C14H12ClFN2O/c1-8-2-4-11(16)13(6-8)19-12-5-3-9(15)7-10(12)14(17)18/h2-7H,1H3,(H3,17,18). The third-order valence-corrected chi connectivity index (χ3v) is 2.77. The fourth-order valence-electron chi connectivity index (χ4n) is 1.61. The van der Waals surface area contributed by atoms with Crippen molar-refractivity contribution in [2.75, 3.05) is 0 Å². The third kappa shape index (κ3) is 3.03. The van der Waals surface area contributed by atoms with Gasteiger partial charge in [0.15, 0.2) is 11.6 Å². The number of benzene rings is 2. The highest BCUT2D eigenvalue weighted by Gasteiger charge is 2.11. The van der Waals surface area contributed by atoms with Crippen LogP contribution in [0, 0.1) is 18.2 Å². The number of halogens is 2. The van der Waals surface area contributed by atoms with Crippen molar-refractivity contribution < 1.29 is 9.13 Å². The van der Waals surface area contributed by atoms with Gasteiger partial charge in [0.1, 0.15) is 11.6 Å². The topological polar surface area (TPSA) is 59.1 Å². The predicted octanol–water partition coefficient (Wildman–Crippen LogP) is 3.86. The van der Waals surface area contributed by atoms with Gasteiger partial charge < -0.3 is 10.5 Å². The number of nitrogen functional groups attached to an aromatic ring is 1. The first-order chi connectivity index (χ1) is 8.97. The van der Waals surface area contributed by atoms with E-state index < -0.39 is 5.82 Å². The number of nitrogens with two attached hydrogens (primary N) is 1. The van der Waals surface area contributed by atoms with Crippen molar-refractivity contribution in [3.63, 3.8) is 0 Å². The van der Waals surface area contributed by atoms with Crippen LogP contribution in [-0.4, -0.2) is 5.84 Å². The minimum Gasteiger partial charge on any atom is -0.454 e. The Balaban J connectivity index is 2.43. The van der Waals surface area contributed by atoms with Crippen LogP contribution < -0.4 is 10.5 Å². The molecule has 5 heteroatoms. The van der Waals surface area contributed by atoms with E-state index in [1.54, 1.807) is 24.3 Å². The Labute approximate surface area is 115 Å². The molecule has 0 saturated carbocycles. The van der Waals surface area contributed by atoms with Crippen molar-refractivity contribution in [3.8, 4) is 11.5 Å². The summed E-state index contributed by atoms with van der Waals surface area (Å²) >= 11 is 5.84. The molecular weight excluding hydrogens is 267 g/mol. The Hall–Kier alpha value is -2.07. The second-order valence-electron chi connectivity index (χ2n) is 4.09. The molecule has 0 amide bonds. The number of nitrogens with one attached hydrogen (secondary N) is 1. The van der Waals surface area contributed by atoms with E-state index in [4.69, 9.17) is 27.5 Å². The van der Waals surface area contributed by atoms with Gasteiger partial charge in [0, 0.05) is 5.02 Å². The van der Waals surface area contributed by atoms with Gasteiger partial charge in [-0.2, -0.15) is 0 Å². The normalized spacial score (nSPS) is 10.3. The van der Waals surface area contributed by atoms with Crippen LogP contribution in [0.5, 0.6) is 11.5 Å². The number of hydrogen-bond acceptors (Lipinski definition) is 2. The second-order valence-corrected chi connectivity index (χ2v) is 4.53. The van der Waals surface area contributed by atoms with Gasteiger partial charge in [0.25, 0.3) is 0 Å². The molecule has 0 saturated heterocycles. The summed E-state index contributed by atoms with van der Waals surface area (Å²) in [5, 5.41) is 7.91. The first-order valence-corrected chi connectivity index (χ1v) is 5.93. The molecule has 0 heterocycles. The summed E-state index contributed by atoms with van der Waals surface area (Å²) in [6.07, 6.45) is 0. The third-order valence-electron chi connectivity index (χ3n) is 2.54. The van der Waals surface area contributed by atoms with Crippen LogP contribution in [0.2, 0.25) is 5.02 Å². The van der Waals surface area contributed by atoms with Crippen LogP contribution in [0.4, 0.5) is 4.39 Å². The molecule has 0 aromatic heterocycles. The lowest BCUT2D eigenvalue weighted by Gasteiger charge is -2.11. The summed E-state index contributed by atoms with van der Waals surface area (Å²) in [5.74, 6) is -0.285. The van der Waals surface area contributed by atoms with Crippen LogP contribution in [0.1, 0.15) is 11.1 Å².